The highest BCUT2D eigenvalue weighted by Gasteiger charge is 2.46. The van der Waals surface area contributed by atoms with Crippen LogP contribution >= 0.6 is 0 Å². The van der Waals surface area contributed by atoms with Crippen molar-refractivity contribution in [1.82, 2.24) is 19.9 Å². The van der Waals surface area contributed by atoms with Crippen molar-refractivity contribution in [2.24, 2.45) is 0 Å². The average molecular weight is 703 g/mol. The number of fused-ring (bicyclic) bond motifs is 3. The van der Waals surface area contributed by atoms with E-state index in [-0.39, 0.29) is 0 Å². The summed E-state index contributed by atoms with van der Waals surface area (Å²) in [5.41, 5.74) is 14.4. The van der Waals surface area contributed by atoms with E-state index in [1.165, 1.54) is 33.4 Å². The van der Waals surface area contributed by atoms with Crippen LogP contribution < -0.4 is 0 Å². The van der Waals surface area contributed by atoms with Crippen LogP contribution in [0.5, 0.6) is 0 Å². The first-order valence-electron chi connectivity index (χ1n) is 18.5. The molecular weight excluding hydrogens is 669 g/mol. The molecule has 10 rings (SSSR count). The molecule has 2 heterocycles. The van der Waals surface area contributed by atoms with Crippen LogP contribution in [0.2, 0.25) is 0 Å². The maximum atomic E-state index is 5.05. The minimum atomic E-state index is -0.452. The summed E-state index contributed by atoms with van der Waals surface area (Å²) < 4.78 is 0. The van der Waals surface area contributed by atoms with E-state index in [0.717, 1.165) is 38.9 Å². The second-order valence-electron chi connectivity index (χ2n) is 13.9. The molecule has 1 aliphatic rings. The molecule has 0 radical (unpaired) electrons. The van der Waals surface area contributed by atoms with E-state index >= 15 is 0 Å². The first-order valence-corrected chi connectivity index (χ1v) is 18.5. The molecule has 4 nitrogen and oxygen atoms in total. The predicted octanol–water partition coefficient (Wildman–Crippen LogP) is 12.0. The van der Waals surface area contributed by atoms with Gasteiger partial charge < -0.3 is 0 Å². The van der Waals surface area contributed by atoms with Crippen molar-refractivity contribution in [3.63, 3.8) is 0 Å². The summed E-state index contributed by atoms with van der Waals surface area (Å²) in [7, 11) is 0. The molecule has 0 atom stereocenters. The van der Waals surface area contributed by atoms with E-state index < -0.39 is 5.41 Å². The third kappa shape index (κ3) is 5.63. The lowest BCUT2D eigenvalue weighted by atomic mass is 9.67. The quantitative estimate of drug-likeness (QED) is 0.166. The van der Waals surface area contributed by atoms with E-state index in [0.29, 0.717) is 17.5 Å². The van der Waals surface area contributed by atoms with Crippen LogP contribution in [0.4, 0.5) is 0 Å². The average Bonchev–Trinajstić information content (AvgIpc) is 3.58. The van der Waals surface area contributed by atoms with E-state index in [1.807, 2.05) is 18.2 Å². The van der Waals surface area contributed by atoms with Gasteiger partial charge in [0.15, 0.2) is 17.5 Å². The maximum Gasteiger partial charge on any atom is 0.165 e. The molecule has 258 valence electrons. The summed E-state index contributed by atoms with van der Waals surface area (Å²) in [6, 6.07) is 68.9. The van der Waals surface area contributed by atoms with Crippen molar-refractivity contribution in [3.05, 3.63) is 229 Å². The maximum absolute atomic E-state index is 5.05. The van der Waals surface area contributed by atoms with Crippen molar-refractivity contribution in [1.29, 1.82) is 0 Å². The molecular formula is C51H34N4. The summed E-state index contributed by atoms with van der Waals surface area (Å²) in [5.74, 6) is 1.80. The summed E-state index contributed by atoms with van der Waals surface area (Å²) in [6.45, 7) is 0. The SMILES string of the molecule is c1ccc(-c2cccc(-c3nc(-c4ccc(-c5ccc6c(c5)C(c5ccccc5)(c5ccccc5)c5ccccc5-6)cc4)nc(-c4cccnc4)n3)c2)cc1. The third-order valence-electron chi connectivity index (χ3n) is 10.7. The molecule has 2 aromatic heterocycles. The Labute approximate surface area is 320 Å². The number of aromatic nitrogens is 4. The molecule has 0 spiro atoms. The van der Waals surface area contributed by atoms with Gasteiger partial charge in [0.05, 0.1) is 5.41 Å². The van der Waals surface area contributed by atoms with E-state index in [4.69, 9.17) is 15.0 Å². The van der Waals surface area contributed by atoms with Crippen LogP contribution in [0.15, 0.2) is 207 Å². The highest BCUT2D eigenvalue weighted by molar-refractivity contribution is 5.88. The standard InChI is InChI=1S/C51H34N4/c1-4-14-35(15-5-1)38-16-12-17-40(32-38)49-53-48(54-50(55-49)41-18-13-31-52-34-41)37-27-25-36(26-28-37)39-29-30-45-44-23-10-11-24-46(44)51(47(45)33-39,42-19-6-2-7-20-42)43-21-8-3-9-22-43/h1-34H. The van der Waals surface area contributed by atoms with Crippen LogP contribution in [-0.2, 0) is 5.41 Å². The molecule has 0 saturated carbocycles. The van der Waals surface area contributed by atoms with Gasteiger partial charge in [-0.15, -0.1) is 0 Å². The first kappa shape index (κ1) is 32.4. The zero-order chi connectivity index (χ0) is 36.6. The number of hydrogen-bond donors (Lipinski definition) is 0. The largest absolute Gasteiger partial charge is 0.264 e. The van der Waals surface area contributed by atoms with E-state index in [2.05, 4.69) is 181 Å². The van der Waals surface area contributed by atoms with Crippen molar-refractivity contribution in [2.75, 3.05) is 0 Å². The van der Waals surface area contributed by atoms with Gasteiger partial charge >= 0.3 is 0 Å². The van der Waals surface area contributed by atoms with E-state index in [1.54, 1.807) is 12.4 Å². The summed E-state index contributed by atoms with van der Waals surface area (Å²) in [5, 5.41) is 0. The first-order chi connectivity index (χ1) is 27.3. The molecule has 0 bridgehead atoms. The van der Waals surface area contributed by atoms with Crippen LogP contribution in [0.25, 0.3) is 67.5 Å². The topological polar surface area (TPSA) is 51.6 Å². The summed E-state index contributed by atoms with van der Waals surface area (Å²) in [4.78, 5) is 19.3. The van der Waals surface area contributed by atoms with Crippen molar-refractivity contribution >= 4 is 0 Å². The molecule has 1 aliphatic carbocycles. The predicted molar refractivity (Wildman–Crippen MR) is 222 cm³/mol. The molecule has 0 N–H and O–H groups in total. The van der Waals surface area contributed by atoms with Gasteiger partial charge in [0.25, 0.3) is 0 Å². The Hall–Kier alpha value is -7.30. The van der Waals surface area contributed by atoms with Gasteiger partial charge in [-0.1, -0.05) is 170 Å². The van der Waals surface area contributed by atoms with Gasteiger partial charge in [-0.2, -0.15) is 0 Å². The minimum Gasteiger partial charge on any atom is -0.264 e. The second kappa shape index (κ2) is 13.6. The molecule has 0 amide bonds. The Morgan fingerprint density at radius 2 is 0.800 bits per heavy atom. The zero-order valence-corrected chi connectivity index (χ0v) is 29.9. The highest BCUT2D eigenvalue weighted by atomic mass is 15.0. The lowest BCUT2D eigenvalue weighted by molar-refractivity contribution is 0.769. The van der Waals surface area contributed by atoms with Gasteiger partial charge in [0.1, 0.15) is 0 Å². The van der Waals surface area contributed by atoms with Gasteiger partial charge in [0, 0.05) is 29.1 Å². The monoisotopic (exact) mass is 702 g/mol. The number of benzene rings is 7. The molecule has 4 heteroatoms. The number of pyridine rings is 1. The molecule has 0 unspecified atom stereocenters. The van der Waals surface area contributed by atoms with Crippen molar-refractivity contribution < 1.29 is 0 Å². The molecule has 0 fully saturated rings. The third-order valence-corrected chi connectivity index (χ3v) is 10.7. The smallest absolute Gasteiger partial charge is 0.165 e. The fraction of sp³-hybridized carbons (Fsp3) is 0.0196. The number of nitrogens with zero attached hydrogens (tertiary/aromatic N) is 4. The lowest BCUT2D eigenvalue weighted by Gasteiger charge is -2.34. The van der Waals surface area contributed by atoms with Gasteiger partial charge in [-0.25, -0.2) is 15.0 Å². The molecule has 55 heavy (non-hydrogen) atoms. The Kier molecular flexibility index (Phi) is 8.00. The Morgan fingerprint density at radius 3 is 1.49 bits per heavy atom. The Bertz CT molecular complexity index is 2740. The molecule has 0 saturated heterocycles. The van der Waals surface area contributed by atoms with Gasteiger partial charge in [0.2, 0.25) is 0 Å². The van der Waals surface area contributed by atoms with Gasteiger partial charge in [-0.3, -0.25) is 4.98 Å². The summed E-state index contributed by atoms with van der Waals surface area (Å²) in [6.07, 6.45) is 3.55. The van der Waals surface area contributed by atoms with Gasteiger partial charge in [-0.05, 0) is 79.9 Å². The summed E-state index contributed by atoms with van der Waals surface area (Å²) >= 11 is 0. The molecule has 9 aromatic rings. The Balaban J connectivity index is 1.08. The van der Waals surface area contributed by atoms with Crippen molar-refractivity contribution in [3.8, 4) is 67.5 Å². The van der Waals surface area contributed by atoms with Crippen LogP contribution in [0, 0.1) is 0 Å². The van der Waals surface area contributed by atoms with Crippen LogP contribution in [-0.4, -0.2) is 19.9 Å². The zero-order valence-electron chi connectivity index (χ0n) is 29.9. The normalized spacial score (nSPS) is 12.5. The van der Waals surface area contributed by atoms with Crippen molar-refractivity contribution in [2.45, 2.75) is 5.41 Å². The fourth-order valence-electron chi connectivity index (χ4n) is 8.16. The Morgan fingerprint density at radius 1 is 0.309 bits per heavy atom. The number of rotatable bonds is 7. The minimum absolute atomic E-state index is 0.452. The number of hydrogen-bond acceptors (Lipinski definition) is 4. The second-order valence-corrected chi connectivity index (χ2v) is 13.9. The lowest BCUT2D eigenvalue weighted by Crippen LogP contribution is -2.28. The molecule has 0 aliphatic heterocycles. The van der Waals surface area contributed by atoms with Crippen LogP contribution in [0.1, 0.15) is 22.3 Å². The van der Waals surface area contributed by atoms with Crippen LogP contribution in [0.3, 0.4) is 0 Å². The highest BCUT2D eigenvalue weighted by Crippen LogP contribution is 2.56. The molecule has 7 aromatic carbocycles. The van der Waals surface area contributed by atoms with E-state index in [9.17, 15) is 0 Å². The fourth-order valence-corrected chi connectivity index (χ4v) is 8.16.